The molecular formula is C37H29N3O2. The number of fused-ring (bicyclic) bond motifs is 3. The van der Waals surface area contributed by atoms with E-state index < -0.39 is 5.41 Å². The first kappa shape index (κ1) is 25.3. The molecule has 0 unspecified atom stereocenters. The SMILES string of the molecule is Nc1ccc(Oc2ccc(C3(c4ccc(Oc5ccc(N)cc5)cc4)c4ccccc4-c4ccc(N)cc43)cc2)cc1. The quantitative estimate of drug-likeness (QED) is 0.182. The van der Waals surface area contributed by atoms with Gasteiger partial charge in [-0.25, -0.2) is 0 Å². The first-order chi connectivity index (χ1) is 20.5. The maximum Gasteiger partial charge on any atom is 0.127 e. The molecule has 0 saturated carbocycles. The molecule has 5 nitrogen and oxygen atoms in total. The molecule has 5 heteroatoms. The van der Waals surface area contributed by atoms with Crippen molar-refractivity contribution < 1.29 is 9.47 Å². The Morgan fingerprint density at radius 1 is 0.381 bits per heavy atom. The van der Waals surface area contributed by atoms with Gasteiger partial charge in [0.05, 0.1) is 5.41 Å². The number of rotatable bonds is 6. The van der Waals surface area contributed by atoms with Gasteiger partial charge in [0.15, 0.2) is 0 Å². The second kappa shape index (κ2) is 10.1. The monoisotopic (exact) mass is 547 g/mol. The number of nitrogen functional groups attached to an aromatic ring is 3. The van der Waals surface area contributed by atoms with Crippen LogP contribution in [0.5, 0.6) is 23.0 Å². The van der Waals surface area contributed by atoms with Gasteiger partial charge in [0.1, 0.15) is 23.0 Å². The Kier molecular flexibility index (Phi) is 6.06. The third-order valence-electron chi connectivity index (χ3n) is 7.88. The lowest BCUT2D eigenvalue weighted by Gasteiger charge is -2.34. The molecule has 0 spiro atoms. The van der Waals surface area contributed by atoms with Gasteiger partial charge in [-0.3, -0.25) is 0 Å². The van der Waals surface area contributed by atoms with Crippen LogP contribution in [0.25, 0.3) is 11.1 Å². The number of benzene rings is 6. The summed E-state index contributed by atoms with van der Waals surface area (Å²) >= 11 is 0. The Morgan fingerprint density at radius 2 is 0.786 bits per heavy atom. The van der Waals surface area contributed by atoms with E-state index in [0.29, 0.717) is 11.4 Å². The van der Waals surface area contributed by atoms with Gasteiger partial charge in [0.25, 0.3) is 0 Å². The van der Waals surface area contributed by atoms with Gasteiger partial charge in [-0.15, -0.1) is 0 Å². The van der Waals surface area contributed by atoms with E-state index in [4.69, 9.17) is 26.7 Å². The fourth-order valence-electron chi connectivity index (χ4n) is 5.98. The van der Waals surface area contributed by atoms with Crippen LogP contribution in [0.2, 0.25) is 0 Å². The fraction of sp³-hybridized carbons (Fsp3) is 0.0270. The molecule has 0 aromatic heterocycles. The smallest absolute Gasteiger partial charge is 0.127 e. The van der Waals surface area contributed by atoms with Crippen molar-refractivity contribution in [1.82, 2.24) is 0 Å². The summed E-state index contributed by atoms with van der Waals surface area (Å²) < 4.78 is 12.3. The largest absolute Gasteiger partial charge is 0.457 e. The maximum atomic E-state index is 6.43. The minimum absolute atomic E-state index is 0.596. The van der Waals surface area contributed by atoms with E-state index in [2.05, 4.69) is 60.7 Å². The zero-order chi connectivity index (χ0) is 28.7. The summed E-state index contributed by atoms with van der Waals surface area (Å²) in [6, 6.07) is 46.2. The molecule has 0 bridgehead atoms. The first-order valence-corrected chi connectivity index (χ1v) is 13.8. The van der Waals surface area contributed by atoms with Crippen LogP contribution in [0.3, 0.4) is 0 Å². The molecule has 0 fully saturated rings. The summed E-state index contributed by atoms with van der Waals surface area (Å²) in [6.07, 6.45) is 0. The molecule has 1 aliphatic carbocycles. The van der Waals surface area contributed by atoms with Crippen molar-refractivity contribution in [3.63, 3.8) is 0 Å². The van der Waals surface area contributed by atoms with E-state index in [-0.39, 0.29) is 0 Å². The van der Waals surface area contributed by atoms with E-state index >= 15 is 0 Å². The molecule has 0 saturated heterocycles. The van der Waals surface area contributed by atoms with E-state index in [1.807, 2.05) is 78.9 Å². The van der Waals surface area contributed by atoms with E-state index in [1.54, 1.807) is 0 Å². The minimum atomic E-state index is -0.596. The van der Waals surface area contributed by atoms with Crippen LogP contribution >= 0.6 is 0 Å². The maximum absolute atomic E-state index is 6.43. The Bertz CT molecular complexity index is 1790. The van der Waals surface area contributed by atoms with Crippen LogP contribution in [-0.4, -0.2) is 0 Å². The number of nitrogens with two attached hydrogens (primary N) is 3. The highest BCUT2D eigenvalue weighted by molar-refractivity contribution is 5.87. The van der Waals surface area contributed by atoms with Crippen LogP contribution < -0.4 is 26.7 Å². The number of anilines is 3. The molecule has 204 valence electrons. The molecule has 1 aliphatic rings. The van der Waals surface area contributed by atoms with Crippen LogP contribution in [0.4, 0.5) is 17.1 Å². The average Bonchev–Trinajstić information content (AvgIpc) is 3.30. The van der Waals surface area contributed by atoms with Gasteiger partial charge in [0, 0.05) is 17.1 Å². The molecule has 7 rings (SSSR count). The zero-order valence-corrected chi connectivity index (χ0v) is 22.8. The van der Waals surface area contributed by atoms with Crippen molar-refractivity contribution in [1.29, 1.82) is 0 Å². The Hall–Kier alpha value is -5.68. The van der Waals surface area contributed by atoms with Crippen molar-refractivity contribution in [2.45, 2.75) is 5.41 Å². The van der Waals surface area contributed by atoms with Gasteiger partial charge < -0.3 is 26.7 Å². The fourth-order valence-corrected chi connectivity index (χ4v) is 5.98. The van der Waals surface area contributed by atoms with Gasteiger partial charge in [0.2, 0.25) is 0 Å². The van der Waals surface area contributed by atoms with Crippen LogP contribution in [0.1, 0.15) is 22.3 Å². The van der Waals surface area contributed by atoms with Crippen molar-refractivity contribution in [3.8, 4) is 34.1 Å². The summed E-state index contributed by atoms with van der Waals surface area (Å²) in [4.78, 5) is 0. The molecule has 6 aromatic carbocycles. The Balaban J connectivity index is 1.35. The molecule has 0 heterocycles. The number of ether oxygens (including phenoxy) is 2. The second-order valence-electron chi connectivity index (χ2n) is 10.5. The highest BCUT2D eigenvalue weighted by atomic mass is 16.5. The van der Waals surface area contributed by atoms with Crippen molar-refractivity contribution in [3.05, 3.63) is 162 Å². The third-order valence-corrected chi connectivity index (χ3v) is 7.88. The summed E-state index contributed by atoms with van der Waals surface area (Å²) in [5.74, 6) is 2.94. The molecule has 6 aromatic rings. The summed E-state index contributed by atoms with van der Waals surface area (Å²) in [6.45, 7) is 0. The van der Waals surface area contributed by atoms with Crippen molar-refractivity contribution in [2.75, 3.05) is 17.2 Å². The number of hydrogen-bond donors (Lipinski definition) is 3. The van der Waals surface area contributed by atoms with Gasteiger partial charge in [-0.2, -0.15) is 0 Å². The Labute approximate surface area is 244 Å². The highest BCUT2D eigenvalue weighted by Gasteiger charge is 2.46. The lowest BCUT2D eigenvalue weighted by molar-refractivity contribution is 0.482. The molecule has 6 N–H and O–H groups in total. The molecule has 0 amide bonds. The molecule has 0 radical (unpaired) electrons. The predicted molar refractivity (Wildman–Crippen MR) is 170 cm³/mol. The lowest BCUT2D eigenvalue weighted by atomic mass is 9.67. The minimum Gasteiger partial charge on any atom is -0.457 e. The second-order valence-corrected chi connectivity index (χ2v) is 10.5. The van der Waals surface area contributed by atoms with E-state index in [0.717, 1.165) is 45.4 Å². The molecule has 0 aliphatic heterocycles. The number of hydrogen-bond acceptors (Lipinski definition) is 5. The molecule has 0 atom stereocenters. The standard InChI is InChI=1S/C37H29N3O2/c38-26-9-18-31(19-10-26)41-29-14-5-24(6-15-29)37(25-7-16-30(17-8-25)42-32-20-11-27(39)12-21-32)35-4-2-1-3-33(35)34-22-13-28(40)23-36(34)37/h1-23H,38-40H2. The summed E-state index contributed by atoms with van der Waals surface area (Å²) in [5.41, 5.74) is 26.6. The van der Waals surface area contributed by atoms with Crippen molar-refractivity contribution in [2.24, 2.45) is 0 Å². The predicted octanol–water partition coefficient (Wildman–Crippen LogP) is 8.38. The highest BCUT2D eigenvalue weighted by Crippen LogP contribution is 2.56. The zero-order valence-electron chi connectivity index (χ0n) is 22.8. The van der Waals surface area contributed by atoms with Gasteiger partial charge in [-0.05, 0) is 118 Å². The summed E-state index contributed by atoms with van der Waals surface area (Å²) in [7, 11) is 0. The van der Waals surface area contributed by atoms with E-state index in [1.165, 1.54) is 16.7 Å². The lowest BCUT2D eigenvalue weighted by Crippen LogP contribution is -2.28. The van der Waals surface area contributed by atoms with E-state index in [9.17, 15) is 0 Å². The van der Waals surface area contributed by atoms with Gasteiger partial charge >= 0.3 is 0 Å². The van der Waals surface area contributed by atoms with Crippen LogP contribution in [0, 0.1) is 0 Å². The molecular weight excluding hydrogens is 518 g/mol. The summed E-state index contributed by atoms with van der Waals surface area (Å²) in [5, 5.41) is 0. The average molecular weight is 548 g/mol. The normalized spacial score (nSPS) is 12.8. The first-order valence-electron chi connectivity index (χ1n) is 13.8. The molecule has 42 heavy (non-hydrogen) atoms. The van der Waals surface area contributed by atoms with Crippen LogP contribution in [-0.2, 0) is 5.41 Å². The third kappa shape index (κ3) is 4.28. The van der Waals surface area contributed by atoms with Gasteiger partial charge in [-0.1, -0.05) is 54.6 Å². The van der Waals surface area contributed by atoms with Crippen LogP contribution in [0.15, 0.2) is 140 Å². The Morgan fingerprint density at radius 3 is 1.29 bits per heavy atom. The van der Waals surface area contributed by atoms with Crippen molar-refractivity contribution >= 4 is 17.1 Å². The topological polar surface area (TPSA) is 96.5 Å².